The Morgan fingerprint density at radius 2 is 1.60 bits per heavy atom. The Labute approximate surface area is 122 Å². The molecule has 2 nitrogen and oxygen atoms in total. The molecule has 2 aromatic rings. The molecule has 106 valence electrons. The van der Waals surface area contributed by atoms with Crippen molar-refractivity contribution in [2.24, 2.45) is 0 Å². The predicted molar refractivity (Wildman–Crippen MR) is 74.2 cm³/mol. The zero-order valence-electron chi connectivity index (χ0n) is 10.8. The van der Waals surface area contributed by atoms with Crippen LogP contribution in [0.2, 0.25) is 0 Å². The van der Waals surface area contributed by atoms with Crippen LogP contribution in [0.1, 0.15) is 17.0 Å². The van der Waals surface area contributed by atoms with E-state index in [1.54, 1.807) is 18.4 Å². The molecule has 1 aromatic carbocycles. The zero-order chi connectivity index (χ0) is 15.1. The second-order valence-corrected chi connectivity index (χ2v) is 5.33. The van der Waals surface area contributed by atoms with Crippen molar-refractivity contribution in [3.63, 3.8) is 0 Å². The van der Waals surface area contributed by atoms with Gasteiger partial charge in [0.1, 0.15) is 0 Å². The van der Waals surface area contributed by atoms with E-state index in [1.807, 2.05) is 0 Å². The maximum Gasteiger partial charge on any atom is 0.416 e. The van der Waals surface area contributed by atoms with Crippen molar-refractivity contribution in [1.29, 1.82) is 0 Å². The molecule has 2 rings (SSSR count). The maximum atomic E-state index is 12.8. The van der Waals surface area contributed by atoms with Gasteiger partial charge in [0.2, 0.25) is 0 Å². The van der Waals surface area contributed by atoms with Crippen molar-refractivity contribution in [3.05, 3.63) is 62.0 Å². The summed E-state index contributed by atoms with van der Waals surface area (Å²) in [6, 6.07) is 6.21. The Bertz CT molecular complexity index is 693. The predicted octanol–water partition coefficient (Wildman–Crippen LogP) is 4.24. The number of pyridine rings is 1. The minimum atomic E-state index is -4.41. The number of halogens is 4. The largest absolute Gasteiger partial charge is 0.416 e. The van der Waals surface area contributed by atoms with Gasteiger partial charge in [-0.3, -0.25) is 4.79 Å². The molecule has 0 amide bonds. The van der Waals surface area contributed by atoms with Gasteiger partial charge in [-0.1, -0.05) is 0 Å². The molecule has 1 heterocycles. The highest BCUT2D eigenvalue weighted by Gasteiger charge is 2.31. The van der Waals surface area contributed by atoms with Crippen molar-refractivity contribution < 1.29 is 13.2 Å². The summed E-state index contributed by atoms with van der Waals surface area (Å²) in [7, 11) is 0. The molecule has 0 atom stereocenters. The van der Waals surface area contributed by atoms with E-state index in [-0.39, 0.29) is 5.43 Å². The van der Waals surface area contributed by atoms with Gasteiger partial charge in [-0.2, -0.15) is 13.2 Å². The first-order valence-corrected chi connectivity index (χ1v) is 6.57. The van der Waals surface area contributed by atoms with Crippen molar-refractivity contribution in [1.82, 2.24) is 4.57 Å². The molecule has 0 unspecified atom stereocenters. The molecule has 20 heavy (non-hydrogen) atoms. The van der Waals surface area contributed by atoms with E-state index in [1.165, 1.54) is 18.2 Å². The van der Waals surface area contributed by atoms with Crippen LogP contribution in [0.25, 0.3) is 5.69 Å². The Kier molecular flexibility index (Phi) is 3.77. The van der Waals surface area contributed by atoms with Crippen LogP contribution in [0.4, 0.5) is 13.2 Å². The zero-order valence-corrected chi connectivity index (χ0v) is 12.3. The van der Waals surface area contributed by atoms with Gasteiger partial charge in [-0.25, -0.2) is 0 Å². The fourth-order valence-electron chi connectivity index (χ4n) is 2.10. The Morgan fingerprint density at radius 3 is 2.10 bits per heavy atom. The van der Waals surface area contributed by atoms with Gasteiger partial charge in [-0.15, -0.1) is 0 Å². The molecule has 0 bridgehead atoms. The van der Waals surface area contributed by atoms with Gasteiger partial charge in [0.05, 0.1) is 11.3 Å². The highest BCUT2D eigenvalue weighted by molar-refractivity contribution is 9.10. The summed E-state index contributed by atoms with van der Waals surface area (Å²) >= 11 is 3.25. The van der Waals surface area contributed by atoms with Crippen LogP contribution in [0.3, 0.4) is 0 Å². The third-order valence-electron chi connectivity index (χ3n) is 2.92. The van der Waals surface area contributed by atoms with E-state index in [0.29, 0.717) is 21.5 Å². The summed E-state index contributed by atoms with van der Waals surface area (Å²) in [6.07, 6.45) is -4.41. The van der Waals surface area contributed by atoms with Crippen LogP contribution in [0.5, 0.6) is 0 Å². The number of rotatable bonds is 1. The summed E-state index contributed by atoms with van der Waals surface area (Å²) in [4.78, 5) is 11.4. The number of aryl methyl sites for hydroxylation is 2. The third-order valence-corrected chi connectivity index (χ3v) is 3.59. The molecular weight excluding hydrogens is 335 g/mol. The normalized spacial score (nSPS) is 11.7. The minimum Gasteiger partial charge on any atom is -0.317 e. The lowest BCUT2D eigenvalue weighted by molar-refractivity contribution is -0.137. The summed E-state index contributed by atoms with van der Waals surface area (Å²) in [5.74, 6) is 0. The second kappa shape index (κ2) is 5.09. The molecule has 0 radical (unpaired) electrons. The van der Waals surface area contributed by atoms with Gasteiger partial charge in [0, 0.05) is 28.0 Å². The van der Waals surface area contributed by atoms with Gasteiger partial charge in [0.25, 0.3) is 0 Å². The summed E-state index contributed by atoms with van der Waals surface area (Å²) in [6.45, 7) is 3.36. The summed E-state index contributed by atoms with van der Waals surface area (Å²) in [5.41, 5.74) is 0.618. The molecule has 0 saturated heterocycles. The van der Waals surface area contributed by atoms with Crippen LogP contribution in [0, 0.1) is 13.8 Å². The van der Waals surface area contributed by atoms with E-state index in [4.69, 9.17) is 0 Å². The van der Waals surface area contributed by atoms with Crippen LogP contribution in [0.15, 0.2) is 39.6 Å². The maximum absolute atomic E-state index is 12.8. The Balaban J connectivity index is 2.73. The lowest BCUT2D eigenvalue weighted by Crippen LogP contribution is -2.13. The molecule has 0 saturated carbocycles. The van der Waals surface area contributed by atoms with Crippen LogP contribution in [-0.2, 0) is 6.18 Å². The standard InChI is InChI=1S/C14H11BrF3NO/c1-8-5-11(20)6-9(2)19(8)13-7-10(14(16,17)18)3-4-12(13)15/h3-7H,1-2H3. The van der Waals surface area contributed by atoms with E-state index in [2.05, 4.69) is 15.9 Å². The second-order valence-electron chi connectivity index (χ2n) is 4.47. The number of alkyl halides is 3. The van der Waals surface area contributed by atoms with E-state index >= 15 is 0 Å². The SMILES string of the molecule is Cc1cc(=O)cc(C)n1-c1cc(C(F)(F)F)ccc1Br. The smallest absolute Gasteiger partial charge is 0.317 e. The summed E-state index contributed by atoms with van der Waals surface area (Å²) < 4.78 is 40.6. The fraction of sp³-hybridized carbons (Fsp3) is 0.214. The van der Waals surface area contributed by atoms with Gasteiger partial charge >= 0.3 is 6.18 Å². The molecule has 0 aliphatic rings. The van der Waals surface area contributed by atoms with Gasteiger partial charge < -0.3 is 4.57 Å². The first-order chi connectivity index (χ1) is 9.20. The van der Waals surface area contributed by atoms with E-state index in [9.17, 15) is 18.0 Å². The lowest BCUT2D eigenvalue weighted by atomic mass is 10.1. The van der Waals surface area contributed by atoms with Crippen LogP contribution >= 0.6 is 15.9 Å². The number of aromatic nitrogens is 1. The van der Waals surface area contributed by atoms with Crippen molar-refractivity contribution in [2.45, 2.75) is 20.0 Å². The fourth-order valence-corrected chi connectivity index (χ4v) is 2.52. The molecule has 1 aromatic heterocycles. The lowest BCUT2D eigenvalue weighted by Gasteiger charge is -2.17. The molecule has 0 N–H and O–H groups in total. The minimum absolute atomic E-state index is 0.167. The average molecular weight is 346 g/mol. The molecule has 0 fully saturated rings. The third kappa shape index (κ3) is 2.80. The van der Waals surface area contributed by atoms with Crippen molar-refractivity contribution >= 4 is 15.9 Å². The number of hydrogen-bond donors (Lipinski definition) is 0. The first kappa shape index (κ1) is 14.8. The molecule has 6 heteroatoms. The number of benzene rings is 1. The van der Waals surface area contributed by atoms with E-state index < -0.39 is 11.7 Å². The molecule has 0 aliphatic carbocycles. The molecule has 0 spiro atoms. The number of hydrogen-bond acceptors (Lipinski definition) is 1. The monoisotopic (exact) mass is 345 g/mol. The van der Waals surface area contributed by atoms with Crippen LogP contribution in [-0.4, -0.2) is 4.57 Å². The number of nitrogens with zero attached hydrogens (tertiary/aromatic N) is 1. The highest BCUT2D eigenvalue weighted by Crippen LogP contribution is 2.33. The van der Waals surface area contributed by atoms with Gasteiger partial charge in [-0.05, 0) is 48.0 Å². The Hall–Kier alpha value is -1.56. The molecular formula is C14H11BrF3NO. The van der Waals surface area contributed by atoms with Gasteiger partial charge in [0.15, 0.2) is 5.43 Å². The quantitative estimate of drug-likeness (QED) is 0.757. The van der Waals surface area contributed by atoms with Crippen molar-refractivity contribution in [3.8, 4) is 5.69 Å². The summed E-state index contributed by atoms with van der Waals surface area (Å²) in [5, 5.41) is 0. The topological polar surface area (TPSA) is 22.0 Å². The highest BCUT2D eigenvalue weighted by atomic mass is 79.9. The van der Waals surface area contributed by atoms with Crippen LogP contribution < -0.4 is 5.43 Å². The average Bonchev–Trinajstić information content (AvgIpc) is 2.28. The molecule has 0 aliphatic heterocycles. The Morgan fingerprint density at radius 1 is 1.05 bits per heavy atom. The van der Waals surface area contributed by atoms with Crippen molar-refractivity contribution in [2.75, 3.05) is 0 Å². The first-order valence-electron chi connectivity index (χ1n) is 5.77. The van der Waals surface area contributed by atoms with E-state index in [0.717, 1.165) is 12.1 Å².